The quantitative estimate of drug-likeness (QED) is 0.791. The Balaban J connectivity index is 1.53. The van der Waals surface area contributed by atoms with Crippen molar-refractivity contribution in [3.63, 3.8) is 0 Å². The lowest BCUT2D eigenvalue weighted by atomic mass is 10.2. The number of halogens is 1. The van der Waals surface area contributed by atoms with Crippen molar-refractivity contribution in [2.45, 2.75) is 6.54 Å². The van der Waals surface area contributed by atoms with Crippen LogP contribution in [0.15, 0.2) is 42.5 Å². The molecule has 1 fully saturated rings. The lowest BCUT2D eigenvalue weighted by molar-refractivity contribution is 0.177. The van der Waals surface area contributed by atoms with E-state index in [1.54, 1.807) is 14.2 Å². The molecule has 0 bridgehead atoms. The summed E-state index contributed by atoms with van der Waals surface area (Å²) in [5.41, 5.74) is 1.94. The number of hydrogen-bond acceptors (Lipinski definition) is 4. The predicted octanol–water partition coefficient (Wildman–Crippen LogP) is 3.36. The molecule has 27 heavy (non-hydrogen) atoms. The van der Waals surface area contributed by atoms with Crippen LogP contribution in [0.2, 0.25) is 0 Å². The van der Waals surface area contributed by atoms with Gasteiger partial charge in [0.2, 0.25) is 0 Å². The Hall–Kier alpha value is -2.38. The van der Waals surface area contributed by atoms with Gasteiger partial charge in [0, 0.05) is 38.8 Å². The highest BCUT2D eigenvalue weighted by Crippen LogP contribution is 2.29. The number of benzene rings is 2. The van der Waals surface area contributed by atoms with E-state index in [-0.39, 0.29) is 5.82 Å². The van der Waals surface area contributed by atoms with Crippen molar-refractivity contribution >= 4 is 23.0 Å². The first kappa shape index (κ1) is 19.4. The molecule has 2 aromatic rings. The van der Waals surface area contributed by atoms with Crippen LogP contribution in [-0.2, 0) is 6.54 Å². The summed E-state index contributed by atoms with van der Waals surface area (Å²) >= 11 is 5.58. The summed E-state index contributed by atoms with van der Waals surface area (Å²) in [6.45, 7) is 4.30. The van der Waals surface area contributed by atoms with Crippen LogP contribution in [0.5, 0.6) is 11.5 Å². The van der Waals surface area contributed by atoms with Crippen molar-refractivity contribution < 1.29 is 13.9 Å². The van der Waals surface area contributed by atoms with Gasteiger partial charge in [-0.15, -0.1) is 0 Å². The third-order valence-corrected chi connectivity index (χ3v) is 4.99. The molecule has 1 aliphatic rings. The Kier molecular flexibility index (Phi) is 6.47. The molecule has 1 N–H and O–H groups in total. The molecule has 0 radical (unpaired) electrons. The lowest BCUT2D eigenvalue weighted by Gasteiger charge is -2.36. The van der Waals surface area contributed by atoms with E-state index in [0.29, 0.717) is 10.9 Å². The Morgan fingerprint density at radius 3 is 2.37 bits per heavy atom. The highest BCUT2D eigenvalue weighted by molar-refractivity contribution is 7.80. The van der Waals surface area contributed by atoms with Crippen molar-refractivity contribution in [1.82, 2.24) is 9.80 Å². The fourth-order valence-corrected chi connectivity index (χ4v) is 3.35. The van der Waals surface area contributed by atoms with E-state index in [1.165, 1.54) is 12.1 Å². The number of methoxy groups -OCH3 is 2. The van der Waals surface area contributed by atoms with Gasteiger partial charge in [-0.1, -0.05) is 12.1 Å². The van der Waals surface area contributed by atoms with Crippen molar-refractivity contribution in [1.29, 1.82) is 0 Å². The molecule has 7 heteroatoms. The van der Waals surface area contributed by atoms with Crippen LogP contribution >= 0.6 is 12.2 Å². The first-order valence-electron chi connectivity index (χ1n) is 8.84. The maximum atomic E-state index is 13.0. The molecule has 144 valence electrons. The van der Waals surface area contributed by atoms with Crippen LogP contribution in [0.3, 0.4) is 0 Å². The molecule has 0 amide bonds. The second kappa shape index (κ2) is 9.01. The van der Waals surface area contributed by atoms with Gasteiger partial charge in [-0.3, -0.25) is 4.90 Å². The summed E-state index contributed by atoms with van der Waals surface area (Å²) in [6.07, 6.45) is 0. The summed E-state index contributed by atoms with van der Waals surface area (Å²) in [4.78, 5) is 4.50. The van der Waals surface area contributed by atoms with E-state index in [9.17, 15) is 4.39 Å². The fraction of sp³-hybridized carbons (Fsp3) is 0.350. The molecule has 2 aromatic carbocycles. The maximum absolute atomic E-state index is 13.0. The number of anilines is 1. The third-order valence-electron chi connectivity index (χ3n) is 4.63. The van der Waals surface area contributed by atoms with Crippen molar-refractivity contribution in [3.8, 4) is 11.5 Å². The summed E-state index contributed by atoms with van der Waals surface area (Å²) in [6, 6.07) is 12.3. The molecule has 0 spiro atoms. The minimum atomic E-state index is -0.200. The van der Waals surface area contributed by atoms with Gasteiger partial charge in [0.25, 0.3) is 0 Å². The molecule has 1 heterocycles. The van der Waals surface area contributed by atoms with Gasteiger partial charge >= 0.3 is 0 Å². The minimum Gasteiger partial charge on any atom is -0.497 e. The van der Waals surface area contributed by atoms with Crippen LogP contribution in [0.4, 0.5) is 10.1 Å². The van der Waals surface area contributed by atoms with E-state index in [0.717, 1.165) is 49.7 Å². The molecule has 0 saturated carbocycles. The molecule has 3 rings (SSSR count). The zero-order chi connectivity index (χ0) is 19.2. The Morgan fingerprint density at radius 2 is 1.74 bits per heavy atom. The Bertz CT molecular complexity index is 777. The van der Waals surface area contributed by atoms with Crippen LogP contribution in [-0.4, -0.2) is 55.3 Å². The van der Waals surface area contributed by atoms with Gasteiger partial charge in [0.05, 0.1) is 19.9 Å². The Labute approximate surface area is 164 Å². The monoisotopic (exact) mass is 389 g/mol. The van der Waals surface area contributed by atoms with Crippen LogP contribution in [0.1, 0.15) is 5.56 Å². The van der Waals surface area contributed by atoms with Gasteiger partial charge in [0.1, 0.15) is 17.3 Å². The number of rotatable bonds is 5. The predicted molar refractivity (Wildman–Crippen MR) is 109 cm³/mol. The zero-order valence-corrected chi connectivity index (χ0v) is 16.4. The first-order chi connectivity index (χ1) is 13.1. The minimum absolute atomic E-state index is 0.200. The topological polar surface area (TPSA) is 37.0 Å². The highest BCUT2D eigenvalue weighted by atomic mass is 32.1. The van der Waals surface area contributed by atoms with Crippen LogP contribution in [0.25, 0.3) is 0 Å². The van der Waals surface area contributed by atoms with E-state index in [1.807, 2.05) is 30.3 Å². The first-order valence-corrected chi connectivity index (χ1v) is 9.24. The van der Waals surface area contributed by atoms with Crippen LogP contribution < -0.4 is 14.8 Å². The second-order valence-electron chi connectivity index (χ2n) is 6.39. The second-order valence-corrected chi connectivity index (χ2v) is 6.77. The van der Waals surface area contributed by atoms with E-state index >= 15 is 0 Å². The number of nitrogens with zero attached hydrogens (tertiary/aromatic N) is 2. The molecule has 0 unspecified atom stereocenters. The maximum Gasteiger partial charge on any atom is 0.173 e. The zero-order valence-electron chi connectivity index (χ0n) is 15.6. The fourth-order valence-electron chi connectivity index (χ4n) is 3.05. The Morgan fingerprint density at radius 1 is 1.04 bits per heavy atom. The average molecular weight is 389 g/mol. The van der Waals surface area contributed by atoms with Gasteiger partial charge in [-0.2, -0.15) is 0 Å². The van der Waals surface area contributed by atoms with Crippen molar-refractivity contribution in [2.24, 2.45) is 0 Å². The van der Waals surface area contributed by atoms with Crippen molar-refractivity contribution in [2.75, 3.05) is 45.7 Å². The number of hydrogen-bond donors (Lipinski definition) is 1. The summed E-state index contributed by atoms with van der Waals surface area (Å²) in [5.74, 6) is 1.22. The smallest absolute Gasteiger partial charge is 0.173 e. The molecular weight excluding hydrogens is 365 g/mol. The van der Waals surface area contributed by atoms with Crippen LogP contribution in [0, 0.1) is 5.82 Å². The third kappa shape index (κ3) is 5.08. The van der Waals surface area contributed by atoms with E-state index in [2.05, 4.69) is 15.1 Å². The average Bonchev–Trinajstić information content (AvgIpc) is 2.70. The number of nitrogens with one attached hydrogen (secondary N) is 1. The SMILES string of the molecule is COc1ccc(NC(=S)N2CCN(Cc3ccc(F)cc3)CC2)c(OC)c1. The largest absolute Gasteiger partial charge is 0.497 e. The number of thiocarbonyl (C=S) groups is 1. The molecule has 0 aromatic heterocycles. The summed E-state index contributed by atoms with van der Waals surface area (Å²) in [5, 5.41) is 3.95. The lowest BCUT2D eigenvalue weighted by Crippen LogP contribution is -2.49. The van der Waals surface area contributed by atoms with Gasteiger partial charge < -0.3 is 19.7 Å². The molecule has 5 nitrogen and oxygen atoms in total. The van der Waals surface area contributed by atoms with Gasteiger partial charge in [-0.05, 0) is 42.0 Å². The molecule has 1 aliphatic heterocycles. The van der Waals surface area contributed by atoms with Crippen molar-refractivity contribution in [3.05, 3.63) is 53.8 Å². The van der Waals surface area contributed by atoms with E-state index in [4.69, 9.17) is 21.7 Å². The normalized spacial score (nSPS) is 14.7. The molecular formula is C20H24FN3O2S. The number of piperazine rings is 1. The highest BCUT2D eigenvalue weighted by Gasteiger charge is 2.20. The standard InChI is InChI=1S/C20H24FN3O2S/c1-25-17-7-8-18(19(13-17)26-2)22-20(27)24-11-9-23(10-12-24)14-15-3-5-16(21)6-4-15/h3-8,13H,9-12,14H2,1-2H3,(H,22,27). The summed E-state index contributed by atoms with van der Waals surface area (Å²) < 4.78 is 23.7. The van der Waals surface area contributed by atoms with E-state index < -0.39 is 0 Å². The van der Waals surface area contributed by atoms with Gasteiger partial charge in [0.15, 0.2) is 5.11 Å². The molecule has 0 aliphatic carbocycles. The number of ether oxygens (including phenoxy) is 2. The van der Waals surface area contributed by atoms with Gasteiger partial charge in [-0.25, -0.2) is 4.39 Å². The molecule has 1 saturated heterocycles. The summed E-state index contributed by atoms with van der Waals surface area (Å²) in [7, 11) is 3.25. The molecule has 0 atom stereocenters.